The van der Waals surface area contributed by atoms with E-state index in [1.807, 2.05) is 29.4 Å². The van der Waals surface area contributed by atoms with Crippen LogP contribution in [0.3, 0.4) is 0 Å². The van der Waals surface area contributed by atoms with E-state index in [-0.39, 0.29) is 17.9 Å². The van der Waals surface area contributed by atoms with Gasteiger partial charge in [-0.1, -0.05) is 0 Å². The van der Waals surface area contributed by atoms with Crippen LogP contribution in [-0.4, -0.2) is 72.3 Å². The van der Waals surface area contributed by atoms with Crippen molar-refractivity contribution in [3.05, 3.63) is 30.1 Å². The maximum absolute atomic E-state index is 12.9. The monoisotopic (exact) mass is 317 g/mol. The van der Waals surface area contributed by atoms with E-state index in [0.717, 1.165) is 26.1 Å². The number of ether oxygens (including phenoxy) is 2. The van der Waals surface area contributed by atoms with Gasteiger partial charge in [-0.2, -0.15) is 0 Å². The average Bonchev–Trinajstić information content (AvgIpc) is 3.20. The molecule has 3 aliphatic heterocycles. The van der Waals surface area contributed by atoms with E-state index in [2.05, 4.69) is 9.88 Å². The zero-order valence-corrected chi connectivity index (χ0v) is 13.3. The fraction of sp³-hybridized carbons (Fsp3) is 0.647. The van der Waals surface area contributed by atoms with Crippen LogP contribution < -0.4 is 0 Å². The van der Waals surface area contributed by atoms with Gasteiger partial charge in [0, 0.05) is 51.2 Å². The average molecular weight is 317 g/mol. The number of morpholine rings is 1. The summed E-state index contributed by atoms with van der Waals surface area (Å²) in [5.74, 6) is 0.199. The second-order valence-corrected chi connectivity index (χ2v) is 6.52. The van der Waals surface area contributed by atoms with E-state index < -0.39 is 0 Å². The third kappa shape index (κ3) is 2.98. The summed E-state index contributed by atoms with van der Waals surface area (Å²) in [5, 5.41) is 0. The smallest absolute Gasteiger partial charge is 0.229 e. The van der Waals surface area contributed by atoms with Crippen LogP contribution in [0.2, 0.25) is 0 Å². The van der Waals surface area contributed by atoms with Gasteiger partial charge >= 0.3 is 0 Å². The van der Waals surface area contributed by atoms with Crippen molar-refractivity contribution in [2.45, 2.75) is 25.1 Å². The molecule has 124 valence electrons. The van der Waals surface area contributed by atoms with E-state index in [0.29, 0.717) is 32.3 Å². The molecule has 3 saturated heterocycles. The number of carbonyl (C=O) groups excluding carboxylic acids is 1. The minimum atomic E-state index is -0.0394. The second-order valence-electron chi connectivity index (χ2n) is 6.52. The van der Waals surface area contributed by atoms with Crippen molar-refractivity contribution in [1.29, 1.82) is 0 Å². The lowest BCUT2D eigenvalue weighted by molar-refractivity contribution is -0.142. The topological polar surface area (TPSA) is 54.9 Å². The van der Waals surface area contributed by atoms with Gasteiger partial charge in [-0.25, -0.2) is 0 Å². The van der Waals surface area contributed by atoms with E-state index >= 15 is 0 Å². The predicted molar refractivity (Wildman–Crippen MR) is 83.7 cm³/mol. The summed E-state index contributed by atoms with van der Waals surface area (Å²) in [6.45, 7) is 5.11. The highest BCUT2D eigenvalue weighted by atomic mass is 16.5. The minimum Gasteiger partial charge on any atom is -0.378 e. The van der Waals surface area contributed by atoms with Crippen LogP contribution in [0.15, 0.2) is 24.5 Å². The molecule has 3 atom stereocenters. The molecule has 0 aliphatic carbocycles. The third-order valence-electron chi connectivity index (χ3n) is 5.17. The van der Waals surface area contributed by atoms with Gasteiger partial charge in [-0.3, -0.25) is 14.7 Å². The van der Waals surface area contributed by atoms with Crippen molar-refractivity contribution in [2.75, 3.05) is 39.5 Å². The van der Waals surface area contributed by atoms with Crippen molar-refractivity contribution in [3.63, 3.8) is 0 Å². The zero-order valence-electron chi connectivity index (χ0n) is 13.3. The van der Waals surface area contributed by atoms with E-state index in [9.17, 15) is 4.79 Å². The summed E-state index contributed by atoms with van der Waals surface area (Å²) < 4.78 is 11.3. The van der Waals surface area contributed by atoms with E-state index in [4.69, 9.17) is 9.47 Å². The number of likely N-dealkylation sites (tertiary alicyclic amines) is 1. The Labute approximate surface area is 136 Å². The summed E-state index contributed by atoms with van der Waals surface area (Å²) in [5.41, 5.74) is 1.24. The summed E-state index contributed by atoms with van der Waals surface area (Å²) in [6, 6.07) is 4.45. The molecule has 0 spiro atoms. The molecule has 3 fully saturated rings. The Hall–Kier alpha value is -1.50. The lowest BCUT2D eigenvalue weighted by Gasteiger charge is -2.30. The van der Waals surface area contributed by atoms with Gasteiger partial charge in [0.05, 0.1) is 25.2 Å². The number of carbonyl (C=O) groups is 1. The molecule has 23 heavy (non-hydrogen) atoms. The zero-order chi connectivity index (χ0) is 15.6. The first-order chi connectivity index (χ1) is 11.3. The molecule has 0 radical (unpaired) electrons. The molecule has 0 bridgehead atoms. The Kier molecular flexibility index (Phi) is 4.29. The van der Waals surface area contributed by atoms with Crippen LogP contribution in [0.1, 0.15) is 12.0 Å². The van der Waals surface area contributed by atoms with E-state index in [1.54, 1.807) is 0 Å². The lowest BCUT2D eigenvalue weighted by atomic mass is 10.00. The number of hydrogen-bond acceptors (Lipinski definition) is 5. The molecule has 4 heterocycles. The summed E-state index contributed by atoms with van der Waals surface area (Å²) in [4.78, 5) is 21.3. The molecule has 0 aromatic carbocycles. The molecule has 0 unspecified atom stereocenters. The number of fused-ring (bicyclic) bond motifs is 1. The molecule has 4 rings (SSSR count). The molecule has 0 N–H and O–H groups in total. The fourth-order valence-corrected chi connectivity index (χ4v) is 4.01. The first-order valence-corrected chi connectivity index (χ1v) is 8.44. The van der Waals surface area contributed by atoms with Gasteiger partial charge in [0.25, 0.3) is 0 Å². The number of amides is 1. The van der Waals surface area contributed by atoms with Gasteiger partial charge in [0.1, 0.15) is 0 Å². The molecular formula is C17H23N3O3. The van der Waals surface area contributed by atoms with Crippen molar-refractivity contribution >= 4 is 5.91 Å². The van der Waals surface area contributed by atoms with Crippen molar-refractivity contribution < 1.29 is 14.3 Å². The van der Waals surface area contributed by atoms with Gasteiger partial charge in [0.15, 0.2) is 0 Å². The number of aromatic nitrogens is 1. The van der Waals surface area contributed by atoms with Gasteiger partial charge in [0.2, 0.25) is 5.91 Å². The number of nitrogens with zero attached hydrogens (tertiary/aromatic N) is 3. The molecule has 1 aromatic heterocycles. The fourth-order valence-electron chi connectivity index (χ4n) is 4.01. The number of pyridine rings is 1. The molecule has 0 saturated carbocycles. The Bertz CT molecular complexity index is 547. The van der Waals surface area contributed by atoms with Gasteiger partial charge in [-0.15, -0.1) is 0 Å². The highest BCUT2D eigenvalue weighted by molar-refractivity contribution is 5.80. The van der Waals surface area contributed by atoms with Crippen LogP contribution >= 0.6 is 0 Å². The molecule has 6 heteroatoms. The molecular weight excluding hydrogens is 294 g/mol. The Balaban J connectivity index is 1.47. The maximum Gasteiger partial charge on any atom is 0.229 e. The number of rotatable bonds is 3. The molecule has 6 nitrogen and oxygen atoms in total. The first kappa shape index (κ1) is 15.1. The van der Waals surface area contributed by atoms with Crippen molar-refractivity contribution in [2.24, 2.45) is 5.92 Å². The normalized spacial score (nSPS) is 31.3. The maximum atomic E-state index is 12.9. The quantitative estimate of drug-likeness (QED) is 0.814. The van der Waals surface area contributed by atoms with Crippen LogP contribution in [0.4, 0.5) is 0 Å². The van der Waals surface area contributed by atoms with E-state index in [1.165, 1.54) is 5.56 Å². The Morgan fingerprint density at radius 1 is 1.22 bits per heavy atom. The first-order valence-electron chi connectivity index (χ1n) is 8.44. The van der Waals surface area contributed by atoms with Crippen LogP contribution in [-0.2, 0) is 20.8 Å². The van der Waals surface area contributed by atoms with Crippen LogP contribution in [0.25, 0.3) is 0 Å². The highest BCUT2D eigenvalue weighted by Gasteiger charge is 2.49. The van der Waals surface area contributed by atoms with Crippen molar-refractivity contribution in [1.82, 2.24) is 14.8 Å². The summed E-state index contributed by atoms with van der Waals surface area (Å²) >= 11 is 0. The molecule has 3 aliphatic rings. The predicted octanol–water partition coefficient (Wildman–Crippen LogP) is 0.530. The summed E-state index contributed by atoms with van der Waals surface area (Å²) in [6.07, 6.45) is 4.71. The Morgan fingerprint density at radius 3 is 2.78 bits per heavy atom. The third-order valence-corrected chi connectivity index (χ3v) is 5.17. The van der Waals surface area contributed by atoms with Crippen LogP contribution in [0, 0.1) is 5.92 Å². The highest BCUT2D eigenvalue weighted by Crippen LogP contribution is 2.35. The largest absolute Gasteiger partial charge is 0.378 e. The lowest BCUT2D eigenvalue weighted by Crippen LogP contribution is -2.46. The second kappa shape index (κ2) is 6.55. The molecule has 1 amide bonds. The molecule has 1 aromatic rings. The SMILES string of the molecule is O=C([C@@H]1CN(Cc2ccncc2)[C@H]2CCO[C@@H]12)N1CCOCC1. The van der Waals surface area contributed by atoms with Gasteiger partial charge in [-0.05, 0) is 24.1 Å². The standard InChI is InChI=1S/C17H23N3O3/c21-17(19-6-9-22-10-7-19)14-12-20(15-3-8-23-16(14)15)11-13-1-4-18-5-2-13/h1-2,4-5,14-16H,3,6-12H2/t14-,15+,16+/m1/s1. The summed E-state index contributed by atoms with van der Waals surface area (Å²) in [7, 11) is 0. The minimum absolute atomic E-state index is 0.0394. The van der Waals surface area contributed by atoms with Crippen LogP contribution in [0.5, 0.6) is 0 Å². The Morgan fingerprint density at radius 2 is 2.00 bits per heavy atom. The number of hydrogen-bond donors (Lipinski definition) is 0. The van der Waals surface area contributed by atoms with Crippen molar-refractivity contribution in [3.8, 4) is 0 Å². The van der Waals surface area contributed by atoms with Gasteiger partial charge < -0.3 is 14.4 Å².